The Morgan fingerprint density at radius 3 is 2.67 bits per heavy atom. The third kappa shape index (κ3) is 1.44. The topological polar surface area (TPSA) is 15.3 Å². The van der Waals surface area contributed by atoms with Gasteiger partial charge < -0.3 is 10.2 Å². The Balaban J connectivity index is 2.59. The molecule has 1 aliphatic rings. The van der Waals surface area contributed by atoms with Crippen molar-refractivity contribution in [3.63, 3.8) is 0 Å². The molecule has 2 nitrogen and oxygen atoms in total. The van der Waals surface area contributed by atoms with Crippen molar-refractivity contribution < 1.29 is 8.78 Å². The van der Waals surface area contributed by atoms with Gasteiger partial charge in [0.1, 0.15) is 0 Å². The summed E-state index contributed by atoms with van der Waals surface area (Å²) in [6.07, 6.45) is 0. The van der Waals surface area contributed by atoms with Crippen LogP contribution >= 0.6 is 0 Å². The highest BCUT2D eigenvalue weighted by Crippen LogP contribution is 2.37. The summed E-state index contributed by atoms with van der Waals surface area (Å²) in [4.78, 5) is 1.78. The van der Waals surface area contributed by atoms with Crippen molar-refractivity contribution in [3.8, 4) is 0 Å². The minimum absolute atomic E-state index is 0.221. The van der Waals surface area contributed by atoms with Crippen LogP contribution in [0.3, 0.4) is 0 Å². The van der Waals surface area contributed by atoms with Crippen LogP contribution in [0, 0.1) is 11.6 Å². The van der Waals surface area contributed by atoms with Gasteiger partial charge in [0.15, 0.2) is 11.6 Å². The van der Waals surface area contributed by atoms with Gasteiger partial charge in [0, 0.05) is 13.6 Å². The highest BCUT2D eigenvalue weighted by atomic mass is 19.2. The number of rotatable bonds is 0. The van der Waals surface area contributed by atoms with E-state index >= 15 is 0 Å². The Kier molecular flexibility index (Phi) is 2.10. The number of hydrogen-bond acceptors (Lipinski definition) is 2. The van der Waals surface area contributed by atoms with Crippen LogP contribution < -0.4 is 10.2 Å². The van der Waals surface area contributed by atoms with Gasteiger partial charge in [-0.25, -0.2) is 8.78 Å². The summed E-state index contributed by atoms with van der Waals surface area (Å²) in [7, 11) is 1.78. The first-order valence-electron chi connectivity index (χ1n) is 4.89. The fourth-order valence-electron chi connectivity index (χ4n) is 1.74. The average molecular weight is 212 g/mol. The summed E-state index contributed by atoms with van der Waals surface area (Å²) >= 11 is 0. The first-order valence-corrected chi connectivity index (χ1v) is 4.89. The fourth-order valence-corrected chi connectivity index (χ4v) is 1.74. The molecule has 1 aromatic rings. The van der Waals surface area contributed by atoms with Crippen LogP contribution in [-0.4, -0.2) is 19.1 Å². The molecule has 0 spiro atoms. The van der Waals surface area contributed by atoms with Gasteiger partial charge in [0.05, 0.1) is 16.9 Å². The molecule has 1 aliphatic heterocycles. The SMILES string of the molecule is CN1c2c(ccc(F)c2F)NCC1(C)C. The number of benzene rings is 1. The van der Waals surface area contributed by atoms with E-state index in [9.17, 15) is 8.78 Å². The summed E-state index contributed by atoms with van der Waals surface area (Å²) < 4.78 is 26.7. The maximum absolute atomic E-state index is 13.6. The molecule has 0 fully saturated rings. The smallest absolute Gasteiger partial charge is 0.184 e. The molecule has 1 heterocycles. The Bertz CT molecular complexity index is 402. The number of halogens is 2. The Morgan fingerprint density at radius 2 is 2.00 bits per heavy atom. The lowest BCUT2D eigenvalue weighted by molar-refractivity contribution is 0.467. The zero-order chi connectivity index (χ0) is 11.2. The van der Waals surface area contributed by atoms with Gasteiger partial charge >= 0.3 is 0 Å². The summed E-state index contributed by atoms with van der Waals surface area (Å²) in [5, 5.41) is 3.10. The second kappa shape index (κ2) is 3.08. The second-order valence-corrected chi connectivity index (χ2v) is 4.48. The zero-order valence-corrected chi connectivity index (χ0v) is 9.06. The van der Waals surface area contributed by atoms with E-state index in [4.69, 9.17) is 0 Å². The summed E-state index contributed by atoms with van der Waals surface area (Å²) in [5.41, 5.74) is 0.740. The Morgan fingerprint density at radius 1 is 1.33 bits per heavy atom. The largest absolute Gasteiger partial charge is 0.381 e. The van der Waals surface area contributed by atoms with Crippen LogP contribution in [0.25, 0.3) is 0 Å². The molecular formula is C11H14F2N2. The molecule has 0 radical (unpaired) electrons. The molecular weight excluding hydrogens is 198 g/mol. The standard InChI is InChI=1S/C11H14F2N2/c1-11(2)6-14-8-5-4-7(12)9(13)10(8)15(11)3/h4-5,14H,6H2,1-3H3. The van der Waals surface area contributed by atoms with Gasteiger partial charge in [0.2, 0.25) is 0 Å². The number of nitrogens with one attached hydrogen (secondary N) is 1. The number of fused-ring (bicyclic) bond motifs is 1. The molecule has 2 rings (SSSR count). The number of nitrogens with zero attached hydrogens (tertiary/aromatic N) is 1. The quantitative estimate of drug-likeness (QED) is 0.711. The monoisotopic (exact) mass is 212 g/mol. The van der Waals surface area contributed by atoms with Crippen molar-refractivity contribution in [3.05, 3.63) is 23.8 Å². The first kappa shape index (κ1) is 10.2. The molecule has 0 amide bonds. The van der Waals surface area contributed by atoms with Crippen molar-refractivity contribution in [2.45, 2.75) is 19.4 Å². The molecule has 0 bridgehead atoms. The van der Waals surface area contributed by atoms with E-state index in [1.54, 1.807) is 18.0 Å². The second-order valence-electron chi connectivity index (χ2n) is 4.48. The number of anilines is 2. The van der Waals surface area contributed by atoms with Gasteiger partial charge in [-0.1, -0.05) is 0 Å². The zero-order valence-electron chi connectivity index (χ0n) is 9.06. The fraction of sp³-hybridized carbons (Fsp3) is 0.455. The molecule has 0 unspecified atom stereocenters. The normalized spacial score (nSPS) is 18.3. The van der Waals surface area contributed by atoms with Gasteiger partial charge in [0.25, 0.3) is 0 Å². The first-order chi connectivity index (χ1) is 6.93. The van der Waals surface area contributed by atoms with Crippen molar-refractivity contribution in [2.75, 3.05) is 23.8 Å². The molecule has 0 saturated carbocycles. The van der Waals surface area contributed by atoms with Crippen molar-refractivity contribution in [2.24, 2.45) is 0 Å². The molecule has 4 heteroatoms. The average Bonchev–Trinajstić information content (AvgIpc) is 2.17. The number of hydrogen-bond donors (Lipinski definition) is 1. The highest BCUT2D eigenvalue weighted by molar-refractivity contribution is 5.74. The van der Waals surface area contributed by atoms with Gasteiger partial charge in [-0.3, -0.25) is 0 Å². The molecule has 1 N–H and O–H groups in total. The molecule has 0 saturated heterocycles. The van der Waals surface area contributed by atoms with Gasteiger partial charge in [-0.15, -0.1) is 0 Å². The molecule has 15 heavy (non-hydrogen) atoms. The van der Waals surface area contributed by atoms with Crippen LogP contribution in [0.15, 0.2) is 12.1 Å². The van der Waals surface area contributed by atoms with Gasteiger partial charge in [-0.05, 0) is 26.0 Å². The maximum atomic E-state index is 13.6. The van der Waals surface area contributed by atoms with Crippen molar-refractivity contribution in [1.82, 2.24) is 0 Å². The van der Waals surface area contributed by atoms with E-state index in [1.807, 2.05) is 13.8 Å². The maximum Gasteiger partial charge on any atom is 0.184 e. The van der Waals surface area contributed by atoms with Crippen LogP contribution in [0.5, 0.6) is 0 Å². The van der Waals surface area contributed by atoms with Gasteiger partial charge in [-0.2, -0.15) is 0 Å². The van der Waals surface area contributed by atoms with E-state index in [2.05, 4.69) is 5.32 Å². The lowest BCUT2D eigenvalue weighted by Gasteiger charge is -2.43. The van der Waals surface area contributed by atoms with E-state index in [0.717, 1.165) is 6.07 Å². The van der Waals surface area contributed by atoms with Crippen LogP contribution in [0.2, 0.25) is 0 Å². The molecule has 0 aromatic heterocycles. The number of likely N-dealkylation sites (N-methyl/N-ethyl adjacent to an activating group) is 1. The molecule has 82 valence electrons. The van der Waals surface area contributed by atoms with E-state index < -0.39 is 11.6 Å². The third-order valence-electron chi connectivity index (χ3n) is 3.02. The Hall–Kier alpha value is -1.32. The Labute approximate surface area is 87.9 Å². The molecule has 0 aliphatic carbocycles. The lowest BCUT2D eigenvalue weighted by Crippen LogP contribution is -2.50. The van der Waals surface area contributed by atoms with Crippen molar-refractivity contribution in [1.29, 1.82) is 0 Å². The molecule has 0 atom stereocenters. The van der Waals surface area contributed by atoms with Crippen LogP contribution in [0.4, 0.5) is 20.2 Å². The van der Waals surface area contributed by atoms with Crippen molar-refractivity contribution >= 4 is 11.4 Å². The van der Waals surface area contributed by atoms with E-state index in [0.29, 0.717) is 17.9 Å². The summed E-state index contributed by atoms with van der Waals surface area (Å²) in [6.45, 7) is 4.67. The lowest BCUT2D eigenvalue weighted by atomic mass is 9.98. The van der Waals surface area contributed by atoms with Crippen LogP contribution in [0.1, 0.15) is 13.8 Å². The summed E-state index contributed by atoms with van der Waals surface area (Å²) in [5.74, 6) is -1.59. The third-order valence-corrected chi connectivity index (χ3v) is 3.02. The predicted molar refractivity (Wildman–Crippen MR) is 57.3 cm³/mol. The minimum Gasteiger partial charge on any atom is -0.381 e. The van der Waals surface area contributed by atoms with Crippen LogP contribution in [-0.2, 0) is 0 Å². The molecule has 1 aromatic carbocycles. The highest BCUT2D eigenvalue weighted by Gasteiger charge is 2.32. The summed E-state index contributed by atoms with van der Waals surface area (Å²) in [6, 6.07) is 2.72. The van der Waals surface area contributed by atoms with E-state index in [1.165, 1.54) is 0 Å². The minimum atomic E-state index is -0.805. The van der Waals surface area contributed by atoms with E-state index in [-0.39, 0.29) is 5.54 Å². The predicted octanol–water partition coefficient (Wildman–Crippen LogP) is 2.61.